The van der Waals surface area contributed by atoms with Crippen LogP contribution in [0.1, 0.15) is 6.92 Å². The summed E-state index contributed by atoms with van der Waals surface area (Å²) in [5, 5.41) is 3.33. The molecule has 1 aliphatic heterocycles. The van der Waals surface area contributed by atoms with Gasteiger partial charge in [0.2, 0.25) is 5.95 Å². The molecule has 0 amide bonds. The molecule has 2 heterocycles. The van der Waals surface area contributed by atoms with E-state index < -0.39 is 0 Å². The summed E-state index contributed by atoms with van der Waals surface area (Å²) in [5.74, 6) is 2.33. The summed E-state index contributed by atoms with van der Waals surface area (Å²) in [6.45, 7) is 5.71. The quantitative estimate of drug-likeness (QED) is 0.698. The average Bonchev–Trinajstić information content (AvgIpc) is 2.76. The number of ether oxygens (including phenoxy) is 2. The lowest BCUT2D eigenvalue weighted by Gasteiger charge is -2.28. The number of hydrogen-bond acceptors (Lipinski definition) is 6. The molecular weight excluding hydrogens is 352 g/mol. The van der Waals surface area contributed by atoms with E-state index in [9.17, 15) is 0 Å². The Morgan fingerprint density at radius 3 is 2.46 bits per heavy atom. The van der Waals surface area contributed by atoms with Crippen LogP contribution in [0.3, 0.4) is 0 Å². The third kappa shape index (κ3) is 4.40. The van der Waals surface area contributed by atoms with Gasteiger partial charge in [-0.25, -0.2) is 4.98 Å². The standard InChI is InChI=1S/C22H24N4O2/c1-2-28-19-10-8-18(9-11-19)23-22-24-20(17-6-4-3-5-7-17)16-21(25-22)26-12-14-27-15-13-26/h3-11,16H,2,12-15H2,1H3,(H,23,24,25). The fourth-order valence-electron chi connectivity index (χ4n) is 3.13. The van der Waals surface area contributed by atoms with E-state index in [1.54, 1.807) is 0 Å². The van der Waals surface area contributed by atoms with Gasteiger partial charge < -0.3 is 19.7 Å². The molecule has 0 saturated carbocycles. The normalized spacial score (nSPS) is 14.0. The van der Waals surface area contributed by atoms with Crippen molar-refractivity contribution < 1.29 is 9.47 Å². The van der Waals surface area contributed by atoms with Gasteiger partial charge in [-0.1, -0.05) is 30.3 Å². The van der Waals surface area contributed by atoms with Gasteiger partial charge in [0.25, 0.3) is 0 Å². The van der Waals surface area contributed by atoms with Crippen molar-refractivity contribution in [1.82, 2.24) is 9.97 Å². The first kappa shape index (κ1) is 18.3. The zero-order chi connectivity index (χ0) is 19.2. The van der Waals surface area contributed by atoms with Crippen LogP contribution in [0.4, 0.5) is 17.5 Å². The summed E-state index contributed by atoms with van der Waals surface area (Å²) < 4.78 is 11.0. The summed E-state index contributed by atoms with van der Waals surface area (Å²) >= 11 is 0. The van der Waals surface area contributed by atoms with Crippen LogP contribution in [0.25, 0.3) is 11.3 Å². The van der Waals surface area contributed by atoms with Crippen LogP contribution in [-0.2, 0) is 4.74 Å². The zero-order valence-corrected chi connectivity index (χ0v) is 16.0. The van der Waals surface area contributed by atoms with Gasteiger partial charge in [-0.3, -0.25) is 0 Å². The van der Waals surface area contributed by atoms with Crippen molar-refractivity contribution in [1.29, 1.82) is 0 Å². The number of benzene rings is 2. The minimum Gasteiger partial charge on any atom is -0.494 e. The lowest BCUT2D eigenvalue weighted by molar-refractivity contribution is 0.122. The minimum atomic E-state index is 0.576. The van der Waals surface area contributed by atoms with Gasteiger partial charge in [-0.2, -0.15) is 4.98 Å². The Labute approximate surface area is 165 Å². The highest BCUT2D eigenvalue weighted by molar-refractivity contribution is 5.66. The van der Waals surface area contributed by atoms with Crippen LogP contribution >= 0.6 is 0 Å². The molecule has 1 fully saturated rings. The lowest BCUT2D eigenvalue weighted by atomic mass is 10.1. The Kier molecular flexibility index (Phi) is 5.68. The van der Waals surface area contributed by atoms with E-state index in [1.807, 2.05) is 55.5 Å². The molecule has 1 aliphatic rings. The Balaban J connectivity index is 1.65. The third-order valence-corrected chi connectivity index (χ3v) is 4.54. The number of aromatic nitrogens is 2. The van der Waals surface area contributed by atoms with Gasteiger partial charge in [0.15, 0.2) is 0 Å². The smallest absolute Gasteiger partial charge is 0.229 e. The molecule has 1 saturated heterocycles. The van der Waals surface area contributed by atoms with Crippen LogP contribution in [0.5, 0.6) is 5.75 Å². The Bertz CT molecular complexity index is 894. The Hall–Kier alpha value is -3.12. The van der Waals surface area contributed by atoms with E-state index in [1.165, 1.54) is 0 Å². The van der Waals surface area contributed by atoms with E-state index in [0.29, 0.717) is 25.8 Å². The molecule has 0 aliphatic carbocycles. The molecule has 28 heavy (non-hydrogen) atoms. The van der Waals surface area contributed by atoms with Crippen molar-refractivity contribution in [2.45, 2.75) is 6.92 Å². The van der Waals surface area contributed by atoms with Crippen LogP contribution in [0.2, 0.25) is 0 Å². The second-order valence-electron chi connectivity index (χ2n) is 6.48. The van der Waals surface area contributed by atoms with Gasteiger partial charge in [-0.15, -0.1) is 0 Å². The molecule has 0 spiro atoms. The maximum Gasteiger partial charge on any atom is 0.229 e. The number of nitrogens with zero attached hydrogens (tertiary/aromatic N) is 3. The maximum atomic E-state index is 5.51. The summed E-state index contributed by atoms with van der Waals surface area (Å²) in [6.07, 6.45) is 0. The minimum absolute atomic E-state index is 0.576. The zero-order valence-electron chi connectivity index (χ0n) is 16.0. The van der Waals surface area contributed by atoms with Crippen molar-refractivity contribution in [2.75, 3.05) is 43.1 Å². The van der Waals surface area contributed by atoms with Crippen LogP contribution in [0.15, 0.2) is 60.7 Å². The molecule has 0 atom stereocenters. The Morgan fingerprint density at radius 1 is 1.00 bits per heavy atom. The van der Waals surface area contributed by atoms with Gasteiger partial charge in [0.1, 0.15) is 11.6 Å². The number of nitrogens with one attached hydrogen (secondary N) is 1. The molecule has 3 aromatic rings. The van der Waals surface area contributed by atoms with Crippen molar-refractivity contribution in [3.05, 3.63) is 60.7 Å². The van der Waals surface area contributed by atoms with E-state index in [4.69, 9.17) is 19.4 Å². The first-order valence-electron chi connectivity index (χ1n) is 9.59. The van der Waals surface area contributed by atoms with E-state index in [0.717, 1.165) is 41.6 Å². The number of anilines is 3. The van der Waals surface area contributed by atoms with Crippen LogP contribution in [0, 0.1) is 0 Å². The highest BCUT2D eigenvalue weighted by Gasteiger charge is 2.16. The van der Waals surface area contributed by atoms with Gasteiger partial charge >= 0.3 is 0 Å². The van der Waals surface area contributed by atoms with Gasteiger partial charge in [0.05, 0.1) is 25.5 Å². The highest BCUT2D eigenvalue weighted by atomic mass is 16.5. The fraction of sp³-hybridized carbons (Fsp3) is 0.273. The summed E-state index contributed by atoms with van der Waals surface area (Å²) in [5.41, 5.74) is 2.88. The number of morpholine rings is 1. The first-order chi connectivity index (χ1) is 13.8. The molecule has 0 bridgehead atoms. The first-order valence-corrected chi connectivity index (χ1v) is 9.59. The molecule has 2 aromatic carbocycles. The highest BCUT2D eigenvalue weighted by Crippen LogP contribution is 2.26. The molecule has 144 valence electrons. The molecular formula is C22H24N4O2. The average molecular weight is 376 g/mol. The molecule has 6 nitrogen and oxygen atoms in total. The SMILES string of the molecule is CCOc1ccc(Nc2nc(-c3ccccc3)cc(N3CCOCC3)n2)cc1. The van der Waals surface area contributed by atoms with E-state index >= 15 is 0 Å². The predicted molar refractivity (Wildman–Crippen MR) is 111 cm³/mol. The molecule has 1 aromatic heterocycles. The van der Waals surface area contributed by atoms with Crippen molar-refractivity contribution in [3.63, 3.8) is 0 Å². The topological polar surface area (TPSA) is 59.5 Å². The summed E-state index contributed by atoms with van der Waals surface area (Å²) in [6, 6.07) is 20.0. The van der Waals surface area contributed by atoms with Gasteiger partial charge in [0, 0.05) is 30.4 Å². The van der Waals surface area contributed by atoms with Crippen LogP contribution < -0.4 is 15.0 Å². The Morgan fingerprint density at radius 2 is 1.75 bits per heavy atom. The van der Waals surface area contributed by atoms with Crippen molar-refractivity contribution in [3.8, 4) is 17.0 Å². The molecule has 1 N–H and O–H groups in total. The maximum absolute atomic E-state index is 5.51. The largest absolute Gasteiger partial charge is 0.494 e. The van der Waals surface area contributed by atoms with Crippen LogP contribution in [-0.4, -0.2) is 42.9 Å². The van der Waals surface area contributed by atoms with E-state index in [-0.39, 0.29) is 0 Å². The predicted octanol–water partition coefficient (Wildman–Crippen LogP) is 4.12. The number of hydrogen-bond donors (Lipinski definition) is 1. The molecule has 0 unspecified atom stereocenters. The van der Waals surface area contributed by atoms with Crippen molar-refractivity contribution >= 4 is 17.5 Å². The lowest BCUT2D eigenvalue weighted by Crippen LogP contribution is -2.36. The summed E-state index contributed by atoms with van der Waals surface area (Å²) in [4.78, 5) is 11.7. The molecule has 0 radical (unpaired) electrons. The van der Waals surface area contributed by atoms with Gasteiger partial charge in [-0.05, 0) is 31.2 Å². The third-order valence-electron chi connectivity index (χ3n) is 4.54. The van der Waals surface area contributed by atoms with E-state index in [2.05, 4.69) is 22.3 Å². The fourth-order valence-corrected chi connectivity index (χ4v) is 3.13. The second kappa shape index (κ2) is 8.71. The monoisotopic (exact) mass is 376 g/mol. The molecule has 4 rings (SSSR count). The number of rotatable bonds is 6. The summed E-state index contributed by atoms with van der Waals surface area (Å²) in [7, 11) is 0. The second-order valence-corrected chi connectivity index (χ2v) is 6.48. The van der Waals surface area contributed by atoms with Crippen molar-refractivity contribution in [2.24, 2.45) is 0 Å². The molecule has 6 heteroatoms.